The van der Waals surface area contributed by atoms with Crippen LogP contribution in [0.3, 0.4) is 0 Å². The number of likely N-dealkylation sites (tertiary alicyclic amines) is 1. The quantitative estimate of drug-likeness (QED) is 0.675. The second-order valence-electron chi connectivity index (χ2n) is 6.47. The maximum absolute atomic E-state index is 12.2. The first-order valence-corrected chi connectivity index (χ1v) is 8.42. The fraction of sp³-hybridized carbons (Fsp3) is 0.875. The van der Waals surface area contributed by atoms with Gasteiger partial charge in [-0.25, -0.2) is 0 Å². The van der Waals surface area contributed by atoms with Crippen LogP contribution in [0.5, 0.6) is 0 Å². The molecule has 128 valence electrons. The van der Waals surface area contributed by atoms with E-state index in [4.69, 9.17) is 5.73 Å². The average molecular weight is 312 g/mol. The lowest BCUT2D eigenvalue weighted by Gasteiger charge is -2.23. The van der Waals surface area contributed by atoms with Gasteiger partial charge in [0.05, 0.1) is 12.6 Å². The van der Waals surface area contributed by atoms with Gasteiger partial charge >= 0.3 is 0 Å². The van der Waals surface area contributed by atoms with Crippen molar-refractivity contribution in [2.75, 3.05) is 39.3 Å². The van der Waals surface area contributed by atoms with Gasteiger partial charge in [0.1, 0.15) is 0 Å². The third kappa shape index (κ3) is 5.57. The van der Waals surface area contributed by atoms with Crippen LogP contribution in [0.2, 0.25) is 0 Å². The van der Waals surface area contributed by atoms with Gasteiger partial charge in [-0.1, -0.05) is 27.7 Å². The highest BCUT2D eigenvalue weighted by molar-refractivity contribution is 5.87. The van der Waals surface area contributed by atoms with Crippen LogP contribution in [0.1, 0.15) is 34.1 Å². The Kier molecular flexibility index (Phi) is 7.82. The first kappa shape index (κ1) is 18.9. The molecular formula is C16H32N4O2. The largest absolute Gasteiger partial charge is 0.346 e. The molecule has 0 aromatic rings. The number of carbonyl (C=O) groups excluding carboxylic acids is 2. The molecule has 1 heterocycles. The number of hydrogen-bond acceptors (Lipinski definition) is 4. The van der Waals surface area contributed by atoms with Crippen molar-refractivity contribution >= 4 is 11.8 Å². The number of nitrogens with zero attached hydrogens (tertiary/aromatic N) is 2. The van der Waals surface area contributed by atoms with E-state index in [0.717, 1.165) is 39.1 Å². The van der Waals surface area contributed by atoms with E-state index < -0.39 is 6.04 Å². The van der Waals surface area contributed by atoms with E-state index in [0.29, 0.717) is 5.92 Å². The van der Waals surface area contributed by atoms with Gasteiger partial charge in [0.2, 0.25) is 11.8 Å². The molecule has 1 saturated heterocycles. The summed E-state index contributed by atoms with van der Waals surface area (Å²) in [4.78, 5) is 28.2. The summed E-state index contributed by atoms with van der Waals surface area (Å²) < 4.78 is 0. The Hall–Kier alpha value is -1.14. The van der Waals surface area contributed by atoms with Gasteiger partial charge in [-0.2, -0.15) is 0 Å². The molecule has 0 radical (unpaired) electrons. The van der Waals surface area contributed by atoms with Crippen molar-refractivity contribution in [3.8, 4) is 0 Å². The summed E-state index contributed by atoms with van der Waals surface area (Å²) in [6.07, 6.45) is 1.04. The number of nitrogens with one attached hydrogen (secondary N) is 1. The van der Waals surface area contributed by atoms with E-state index in [9.17, 15) is 9.59 Å². The first-order chi connectivity index (χ1) is 10.4. The van der Waals surface area contributed by atoms with E-state index in [1.807, 2.05) is 18.7 Å². The number of rotatable bonds is 8. The molecule has 6 nitrogen and oxygen atoms in total. The van der Waals surface area contributed by atoms with E-state index >= 15 is 0 Å². The van der Waals surface area contributed by atoms with Crippen LogP contribution in [0, 0.1) is 11.8 Å². The molecule has 0 aliphatic carbocycles. The summed E-state index contributed by atoms with van der Waals surface area (Å²) in [5.41, 5.74) is 5.76. The minimum Gasteiger partial charge on any atom is -0.346 e. The van der Waals surface area contributed by atoms with Gasteiger partial charge in [-0.3, -0.25) is 9.59 Å². The van der Waals surface area contributed by atoms with Crippen LogP contribution < -0.4 is 11.1 Å². The summed E-state index contributed by atoms with van der Waals surface area (Å²) in [5, 5.41) is 2.65. The zero-order chi connectivity index (χ0) is 16.7. The van der Waals surface area contributed by atoms with Crippen LogP contribution in [0.4, 0.5) is 0 Å². The van der Waals surface area contributed by atoms with Crippen LogP contribution in [0.15, 0.2) is 0 Å². The SMILES string of the molecule is CCN(CC)CC1CCN(C(=O)CNC(=O)[C@@H](N)C(C)C)C1. The zero-order valence-corrected chi connectivity index (χ0v) is 14.5. The van der Waals surface area contributed by atoms with Gasteiger partial charge in [0, 0.05) is 19.6 Å². The smallest absolute Gasteiger partial charge is 0.241 e. The summed E-state index contributed by atoms with van der Waals surface area (Å²) in [6.45, 7) is 12.9. The second kappa shape index (κ2) is 9.10. The number of carbonyl (C=O) groups is 2. The van der Waals surface area contributed by atoms with Crippen LogP contribution >= 0.6 is 0 Å². The molecule has 1 aliphatic heterocycles. The summed E-state index contributed by atoms with van der Waals surface area (Å²) in [7, 11) is 0. The molecule has 1 fully saturated rings. The maximum atomic E-state index is 12.2. The minimum atomic E-state index is -0.554. The summed E-state index contributed by atoms with van der Waals surface area (Å²) in [6, 6.07) is -0.554. The van der Waals surface area contributed by atoms with Gasteiger partial charge in [0.25, 0.3) is 0 Å². The predicted molar refractivity (Wildman–Crippen MR) is 88.3 cm³/mol. The molecule has 0 bridgehead atoms. The predicted octanol–water partition coefficient (Wildman–Crippen LogP) is 0.276. The topological polar surface area (TPSA) is 78.7 Å². The Bertz CT molecular complexity index is 369. The number of nitrogens with two attached hydrogens (primary N) is 1. The fourth-order valence-corrected chi connectivity index (χ4v) is 2.75. The average Bonchev–Trinajstić information content (AvgIpc) is 2.97. The highest BCUT2D eigenvalue weighted by Crippen LogP contribution is 2.17. The lowest BCUT2D eigenvalue weighted by atomic mass is 10.1. The summed E-state index contributed by atoms with van der Waals surface area (Å²) in [5.74, 6) is 0.353. The molecule has 1 rings (SSSR count). The Balaban J connectivity index is 2.34. The molecule has 3 N–H and O–H groups in total. The highest BCUT2D eigenvalue weighted by atomic mass is 16.2. The van der Waals surface area contributed by atoms with Crippen molar-refractivity contribution in [3.63, 3.8) is 0 Å². The molecule has 1 unspecified atom stereocenters. The Labute approximate surface area is 134 Å². The maximum Gasteiger partial charge on any atom is 0.241 e. The Morgan fingerprint density at radius 3 is 2.50 bits per heavy atom. The van der Waals surface area contributed by atoms with Crippen LogP contribution in [-0.4, -0.2) is 66.9 Å². The lowest BCUT2D eigenvalue weighted by Crippen LogP contribution is -2.47. The van der Waals surface area contributed by atoms with E-state index in [1.165, 1.54) is 0 Å². The van der Waals surface area contributed by atoms with Crippen molar-refractivity contribution in [2.24, 2.45) is 17.6 Å². The Morgan fingerprint density at radius 2 is 1.95 bits per heavy atom. The number of amides is 2. The van der Waals surface area contributed by atoms with Crippen molar-refractivity contribution in [1.29, 1.82) is 0 Å². The van der Waals surface area contributed by atoms with Crippen LogP contribution in [0.25, 0.3) is 0 Å². The van der Waals surface area contributed by atoms with E-state index in [2.05, 4.69) is 24.1 Å². The molecule has 22 heavy (non-hydrogen) atoms. The van der Waals surface area contributed by atoms with Gasteiger partial charge in [0.15, 0.2) is 0 Å². The van der Waals surface area contributed by atoms with Crippen molar-refractivity contribution in [1.82, 2.24) is 15.1 Å². The standard InChI is InChI=1S/C16H32N4O2/c1-5-19(6-2)10-13-7-8-20(11-13)14(21)9-18-16(22)15(17)12(3)4/h12-13,15H,5-11,17H2,1-4H3,(H,18,22)/t13?,15-/m0/s1. The molecular weight excluding hydrogens is 280 g/mol. The lowest BCUT2D eigenvalue weighted by molar-refractivity contribution is -0.132. The normalized spacial score (nSPS) is 19.8. The van der Waals surface area contributed by atoms with Crippen molar-refractivity contribution < 1.29 is 9.59 Å². The van der Waals surface area contributed by atoms with Crippen LogP contribution in [-0.2, 0) is 9.59 Å². The monoisotopic (exact) mass is 312 g/mol. The van der Waals surface area contributed by atoms with Gasteiger partial charge in [-0.05, 0) is 31.3 Å². The molecule has 0 spiro atoms. The summed E-state index contributed by atoms with van der Waals surface area (Å²) >= 11 is 0. The Morgan fingerprint density at radius 1 is 1.32 bits per heavy atom. The third-order valence-corrected chi connectivity index (χ3v) is 4.48. The first-order valence-electron chi connectivity index (χ1n) is 8.42. The molecule has 0 aromatic heterocycles. The zero-order valence-electron chi connectivity index (χ0n) is 14.5. The number of hydrogen-bond donors (Lipinski definition) is 2. The highest BCUT2D eigenvalue weighted by Gasteiger charge is 2.27. The molecule has 0 saturated carbocycles. The van der Waals surface area contributed by atoms with Crippen molar-refractivity contribution in [2.45, 2.75) is 40.2 Å². The molecule has 2 amide bonds. The molecule has 1 aliphatic rings. The minimum absolute atomic E-state index is 0.00801. The second-order valence-corrected chi connectivity index (χ2v) is 6.47. The molecule has 6 heteroatoms. The molecule has 0 aromatic carbocycles. The van der Waals surface area contributed by atoms with Gasteiger partial charge in [-0.15, -0.1) is 0 Å². The van der Waals surface area contributed by atoms with Gasteiger partial charge < -0.3 is 20.9 Å². The van der Waals surface area contributed by atoms with Crippen molar-refractivity contribution in [3.05, 3.63) is 0 Å². The molecule has 2 atom stereocenters. The fourth-order valence-electron chi connectivity index (χ4n) is 2.75. The van der Waals surface area contributed by atoms with E-state index in [-0.39, 0.29) is 24.3 Å². The third-order valence-electron chi connectivity index (χ3n) is 4.48. The van der Waals surface area contributed by atoms with E-state index in [1.54, 1.807) is 0 Å².